The molecule has 7 heteroatoms. The zero-order valence-electron chi connectivity index (χ0n) is 10.8. The number of thioether (sulfide) groups is 1. The second-order valence-corrected chi connectivity index (χ2v) is 5.30. The van der Waals surface area contributed by atoms with Gasteiger partial charge in [0.25, 0.3) is 5.91 Å². The first-order chi connectivity index (χ1) is 9.94. The van der Waals surface area contributed by atoms with Crippen molar-refractivity contribution in [2.45, 2.75) is 16.8 Å². The highest BCUT2D eigenvalue weighted by Gasteiger charge is 2.29. The predicted octanol–water partition coefficient (Wildman–Crippen LogP) is 3.86. The summed E-state index contributed by atoms with van der Waals surface area (Å²) < 4.78 is 41.7. The second-order valence-electron chi connectivity index (χ2n) is 4.16. The molecule has 1 amide bonds. The molecule has 0 aliphatic carbocycles. The topological polar surface area (TPSA) is 42.2 Å². The minimum absolute atomic E-state index is 0.0506. The zero-order chi connectivity index (χ0) is 15.3. The molecule has 0 bridgehead atoms. The van der Waals surface area contributed by atoms with E-state index in [0.29, 0.717) is 18.5 Å². The van der Waals surface area contributed by atoms with Crippen LogP contribution in [0.3, 0.4) is 0 Å². The van der Waals surface area contributed by atoms with E-state index in [1.165, 1.54) is 24.3 Å². The number of hydrogen-bond donors (Lipinski definition) is 1. The lowest BCUT2D eigenvalue weighted by Gasteiger charge is -2.07. The van der Waals surface area contributed by atoms with Gasteiger partial charge in [0.1, 0.15) is 5.76 Å². The van der Waals surface area contributed by atoms with Crippen molar-refractivity contribution in [2.24, 2.45) is 0 Å². The number of alkyl halides is 3. The first-order valence-electron chi connectivity index (χ1n) is 6.10. The summed E-state index contributed by atoms with van der Waals surface area (Å²) in [6, 6.07) is 8.86. The predicted molar refractivity (Wildman–Crippen MR) is 73.1 cm³/mol. The molecule has 2 rings (SSSR count). The molecule has 0 aliphatic heterocycles. The van der Waals surface area contributed by atoms with E-state index in [-0.39, 0.29) is 22.6 Å². The number of nitrogens with one attached hydrogen (secondary N) is 1. The van der Waals surface area contributed by atoms with Crippen molar-refractivity contribution in [3.8, 4) is 0 Å². The van der Waals surface area contributed by atoms with Crippen LogP contribution in [-0.4, -0.2) is 18.0 Å². The van der Waals surface area contributed by atoms with E-state index >= 15 is 0 Å². The van der Waals surface area contributed by atoms with Gasteiger partial charge in [-0.3, -0.25) is 4.79 Å². The highest BCUT2D eigenvalue weighted by atomic mass is 32.2. The SMILES string of the molecule is O=C(NCCc1ccco1)c1ccc(SC(F)(F)F)cc1. The van der Waals surface area contributed by atoms with Crippen LogP contribution in [0.1, 0.15) is 16.1 Å². The van der Waals surface area contributed by atoms with Gasteiger partial charge in [-0.2, -0.15) is 13.2 Å². The van der Waals surface area contributed by atoms with Crippen molar-refractivity contribution in [1.29, 1.82) is 0 Å². The van der Waals surface area contributed by atoms with E-state index in [1.54, 1.807) is 18.4 Å². The Labute approximate surface area is 123 Å². The number of benzene rings is 1. The van der Waals surface area contributed by atoms with Crippen LogP contribution in [0.25, 0.3) is 0 Å². The molecule has 2 aromatic rings. The molecular formula is C14H12F3NO2S. The largest absolute Gasteiger partial charge is 0.469 e. The Morgan fingerprint density at radius 3 is 2.48 bits per heavy atom. The van der Waals surface area contributed by atoms with Crippen LogP contribution < -0.4 is 5.32 Å². The van der Waals surface area contributed by atoms with Gasteiger partial charge in [0.15, 0.2) is 0 Å². The number of carbonyl (C=O) groups excluding carboxylic acids is 1. The monoisotopic (exact) mass is 315 g/mol. The summed E-state index contributed by atoms with van der Waals surface area (Å²) in [7, 11) is 0. The third-order valence-electron chi connectivity index (χ3n) is 2.59. The van der Waals surface area contributed by atoms with Crippen LogP contribution >= 0.6 is 11.8 Å². The number of amides is 1. The molecule has 0 fully saturated rings. The lowest BCUT2D eigenvalue weighted by molar-refractivity contribution is -0.0328. The fraction of sp³-hybridized carbons (Fsp3) is 0.214. The van der Waals surface area contributed by atoms with E-state index < -0.39 is 5.51 Å². The van der Waals surface area contributed by atoms with Crippen molar-refractivity contribution in [2.75, 3.05) is 6.54 Å². The maximum Gasteiger partial charge on any atom is 0.446 e. The molecule has 0 unspecified atom stereocenters. The zero-order valence-corrected chi connectivity index (χ0v) is 11.6. The maximum atomic E-state index is 12.2. The van der Waals surface area contributed by atoms with E-state index in [9.17, 15) is 18.0 Å². The summed E-state index contributed by atoms with van der Waals surface area (Å²) >= 11 is -0.207. The molecule has 0 spiro atoms. The smallest absolute Gasteiger partial charge is 0.446 e. The number of furan rings is 1. The quantitative estimate of drug-likeness (QED) is 0.852. The molecule has 1 heterocycles. The summed E-state index contributed by atoms with van der Waals surface area (Å²) in [6.07, 6.45) is 2.11. The van der Waals surface area contributed by atoms with E-state index in [4.69, 9.17) is 4.42 Å². The summed E-state index contributed by atoms with van der Waals surface area (Å²) in [5.41, 5.74) is -4.01. The maximum absolute atomic E-state index is 12.2. The molecule has 0 saturated heterocycles. The summed E-state index contributed by atoms with van der Waals surface area (Å²) in [4.78, 5) is 11.8. The standard InChI is InChI=1S/C14H12F3NO2S/c15-14(16,17)21-12-5-3-10(4-6-12)13(19)18-8-7-11-2-1-9-20-11/h1-6,9H,7-8H2,(H,18,19). The third-order valence-corrected chi connectivity index (χ3v) is 3.33. The molecule has 0 atom stereocenters. The molecule has 0 aliphatic rings. The summed E-state index contributed by atoms with van der Waals surface area (Å²) in [6.45, 7) is 0.394. The fourth-order valence-electron chi connectivity index (χ4n) is 1.66. The van der Waals surface area contributed by atoms with Gasteiger partial charge in [0, 0.05) is 23.4 Å². The lowest BCUT2D eigenvalue weighted by Crippen LogP contribution is -2.25. The number of halogens is 3. The Morgan fingerprint density at radius 2 is 1.90 bits per heavy atom. The summed E-state index contributed by atoms with van der Waals surface area (Å²) in [5, 5.41) is 2.68. The van der Waals surface area contributed by atoms with Crippen LogP contribution in [0.5, 0.6) is 0 Å². The van der Waals surface area contributed by atoms with Gasteiger partial charge in [-0.25, -0.2) is 0 Å². The Hall–Kier alpha value is -1.89. The minimum Gasteiger partial charge on any atom is -0.469 e. The average Bonchev–Trinajstić information content (AvgIpc) is 2.91. The van der Waals surface area contributed by atoms with Crippen molar-refractivity contribution >= 4 is 17.7 Å². The van der Waals surface area contributed by atoms with Crippen molar-refractivity contribution in [1.82, 2.24) is 5.32 Å². The van der Waals surface area contributed by atoms with Crippen LogP contribution in [-0.2, 0) is 6.42 Å². The van der Waals surface area contributed by atoms with E-state index in [2.05, 4.69) is 5.32 Å². The van der Waals surface area contributed by atoms with Gasteiger partial charge >= 0.3 is 5.51 Å². The van der Waals surface area contributed by atoms with Crippen LogP contribution in [0.4, 0.5) is 13.2 Å². The first kappa shape index (κ1) is 15.5. The highest BCUT2D eigenvalue weighted by molar-refractivity contribution is 8.00. The molecule has 1 N–H and O–H groups in total. The Kier molecular flexibility index (Phi) is 4.95. The second kappa shape index (κ2) is 6.71. The number of rotatable bonds is 5. The van der Waals surface area contributed by atoms with Crippen LogP contribution in [0.2, 0.25) is 0 Å². The Bertz CT molecular complexity index is 579. The van der Waals surface area contributed by atoms with Gasteiger partial charge in [0.2, 0.25) is 0 Å². The van der Waals surface area contributed by atoms with Gasteiger partial charge in [-0.05, 0) is 48.2 Å². The van der Waals surface area contributed by atoms with Crippen LogP contribution in [0, 0.1) is 0 Å². The molecule has 1 aromatic heterocycles. The number of carbonyl (C=O) groups is 1. The molecule has 112 valence electrons. The van der Waals surface area contributed by atoms with Crippen LogP contribution in [0.15, 0.2) is 52.0 Å². The van der Waals surface area contributed by atoms with E-state index in [1.807, 2.05) is 0 Å². The molecule has 1 aromatic carbocycles. The molecule has 21 heavy (non-hydrogen) atoms. The lowest BCUT2D eigenvalue weighted by atomic mass is 10.2. The average molecular weight is 315 g/mol. The Morgan fingerprint density at radius 1 is 1.19 bits per heavy atom. The number of hydrogen-bond acceptors (Lipinski definition) is 3. The molecule has 0 saturated carbocycles. The fourth-order valence-corrected chi connectivity index (χ4v) is 2.20. The molecular weight excluding hydrogens is 303 g/mol. The van der Waals surface area contributed by atoms with Gasteiger partial charge < -0.3 is 9.73 Å². The minimum atomic E-state index is -4.33. The third kappa shape index (κ3) is 5.18. The van der Waals surface area contributed by atoms with Gasteiger partial charge in [0.05, 0.1) is 6.26 Å². The first-order valence-corrected chi connectivity index (χ1v) is 6.92. The van der Waals surface area contributed by atoms with Crippen molar-refractivity contribution in [3.05, 3.63) is 54.0 Å². The molecule has 0 radical (unpaired) electrons. The molecule has 3 nitrogen and oxygen atoms in total. The van der Waals surface area contributed by atoms with Crippen molar-refractivity contribution in [3.63, 3.8) is 0 Å². The normalized spacial score (nSPS) is 11.4. The summed E-state index contributed by atoms with van der Waals surface area (Å²) in [5.74, 6) is 0.428. The van der Waals surface area contributed by atoms with Gasteiger partial charge in [-0.1, -0.05) is 0 Å². The van der Waals surface area contributed by atoms with Crippen molar-refractivity contribution < 1.29 is 22.4 Å². The van der Waals surface area contributed by atoms with Gasteiger partial charge in [-0.15, -0.1) is 0 Å². The highest BCUT2D eigenvalue weighted by Crippen LogP contribution is 2.36. The van der Waals surface area contributed by atoms with E-state index in [0.717, 1.165) is 5.76 Å². The Balaban J connectivity index is 1.85.